The number of nitrogens with one attached hydrogen (secondary N) is 1. The molecule has 3 N–H and O–H groups in total. The Balaban J connectivity index is 2.90. The monoisotopic (exact) mass is 329 g/mol. The van der Waals surface area contributed by atoms with Crippen LogP contribution < -0.4 is 11.1 Å². The van der Waals surface area contributed by atoms with E-state index in [4.69, 9.17) is 10.5 Å². The lowest BCUT2D eigenvalue weighted by molar-refractivity contribution is -0.141. The van der Waals surface area contributed by atoms with Crippen molar-refractivity contribution in [3.8, 4) is 0 Å². The predicted octanol–water partition coefficient (Wildman–Crippen LogP) is 1.37. The molecule has 1 unspecified atom stereocenters. The molecule has 0 saturated carbocycles. The van der Waals surface area contributed by atoms with Gasteiger partial charge in [0.05, 0.1) is 19.6 Å². The first-order chi connectivity index (χ1) is 10.1. The normalized spacial score (nSPS) is 12.4. The van der Waals surface area contributed by atoms with Crippen LogP contribution >= 0.6 is 11.3 Å². The van der Waals surface area contributed by atoms with Crippen LogP contribution in [0, 0.1) is 0 Å². The van der Waals surface area contributed by atoms with Crippen molar-refractivity contribution in [2.45, 2.75) is 38.8 Å². The summed E-state index contributed by atoms with van der Waals surface area (Å²) >= 11 is 1.11. The Hall–Kier alpha value is -2.16. The van der Waals surface area contributed by atoms with Crippen LogP contribution in [0.3, 0.4) is 0 Å². The van der Waals surface area contributed by atoms with Gasteiger partial charge >= 0.3 is 12.1 Å². The van der Waals surface area contributed by atoms with Crippen molar-refractivity contribution in [3.05, 3.63) is 16.1 Å². The highest BCUT2D eigenvalue weighted by Crippen LogP contribution is 2.22. The molecule has 122 valence electrons. The maximum Gasteiger partial charge on any atom is 0.408 e. The number of amides is 2. The minimum absolute atomic E-state index is 0.0702. The van der Waals surface area contributed by atoms with E-state index >= 15 is 0 Å². The van der Waals surface area contributed by atoms with Crippen molar-refractivity contribution in [2.24, 2.45) is 5.73 Å². The number of carbonyl (C=O) groups is 3. The van der Waals surface area contributed by atoms with E-state index in [2.05, 4.69) is 15.0 Å². The van der Waals surface area contributed by atoms with E-state index in [1.807, 2.05) is 0 Å². The number of rotatable bonds is 5. The average Bonchev–Trinajstić information content (AvgIpc) is 2.85. The van der Waals surface area contributed by atoms with Crippen LogP contribution in [0.25, 0.3) is 0 Å². The molecular weight excluding hydrogens is 310 g/mol. The van der Waals surface area contributed by atoms with Gasteiger partial charge in [-0.15, -0.1) is 11.3 Å². The summed E-state index contributed by atoms with van der Waals surface area (Å²) in [6.45, 7) is 5.16. The topological polar surface area (TPSA) is 121 Å². The summed E-state index contributed by atoms with van der Waals surface area (Å²) in [6.07, 6.45) is -0.834. The molecule has 1 aromatic heterocycles. The number of aromatic nitrogens is 1. The van der Waals surface area contributed by atoms with Crippen molar-refractivity contribution in [3.63, 3.8) is 0 Å². The summed E-state index contributed by atoms with van der Waals surface area (Å²) in [7, 11) is 1.24. The van der Waals surface area contributed by atoms with E-state index in [-0.39, 0.29) is 12.1 Å². The van der Waals surface area contributed by atoms with Gasteiger partial charge in [-0.3, -0.25) is 9.59 Å². The number of hydrogen-bond donors (Lipinski definition) is 2. The van der Waals surface area contributed by atoms with E-state index in [1.165, 1.54) is 12.5 Å². The molecule has 0 bridgehead atoms. The summed E-state index contributed by atoms with van der Waals surface area (Å²) in [5, 5.41) is 4.36. The molecular formula is C13H19N3O5S. The largest absolute Gasteiger partial charge is 0.469 e. The molecule has 0 radical (unpaired) electrons. The summed E-state index contributed by atoms with van der Waals surface area (Å²) < 4.78 is 9.74. The quantitative estimate of drug-likeness (QED) is 0.787. The molecule has 22 heavy (non-hydrogen) atoms. The van der Waals surface area contributed by atoms with E-state index in [1.54, 1.807) is 20.8 Å². The van der Waals surface area contributed by atoms with Crippen LogP contribution in [0.4, 0.5) is 4.79 Å². The third-order valence-electron chi connectivity index (χ3n) is 2.36. The number of esters is 1. The third-order valence-corrected chi connectivity index (χ3v) is 3.32. The molecule has 0 saturated heterocycles. The maximum absolute atomic E-state index is 11.9. The zero-order valence-electron chi connectivity index (χ0n) is 12.8. The van der Waals surface area contributed by atoms with E-state index in [0.717, 1.165) is 11.3 Å². The Bertz CT molecular complexity index is 564. The molecule has 8 nitrogen and oxygen atoms in total. The zero-order valence-corrected chi connectivity index (χ0v) is 13.7. The molecule has 0 spiro atoms. The predicted molar refractivity (Wildman–Crippen MR) is 79.4 cm³/mol. The minimum atomic E-state index is -0.764. The first-order valence-electron chi connectivity index (χ1n) is 6.44. The number of nitrogens with zero attached hydrogens (tertiary/aromatic N) is 1. The standard InChI is InChI=1S/C13H19N3O5S/c1-13(2,3)21-12(19)16-7(5-9(17)20-4)11-15-8(6-22-11)10(14)18/h6-7H,5H2,1-4H3,(H2,14,18)(H,16,19). The van der Waals surface area contributed by atoms with Crippen molar-refractivity contribution in [2.75, 3.05) is 7.11 Å². The van der Waals surface area contributed by atoms with Gasteiger partial charge < -0.3 is 20.5 Å². The highest BCUT2D eigenvalue weighted by molar-refractivity contribution is 7.09. The van der Waals surface area contributed by atoms with Gasteiger partial charge in [0, 0.05) is 5.38 Å². The van der Waals surface area contributed by atoms with Crippen LogP contribution in [0.15, 0.2) is 5.38 Å². The smallest absolute Gasteiger partial charge is 0.408 e. The Labute approximate surface area is 132 Å². The first kappa shape index (κ1) is 17.9. The van der Waals surface area contributed by atoms with Gasteiger partial charge in [-0.1, -0.05) is 0 Å². The molecule has 0 fully saturated rings. The molecule has 1 aromatic rings. The Morgan fingerprint density at radius 3 is 2.50 bits per heavy atom. The lowest BCUT2D eigenvalue weighted by Crippen LogP contribution is -2.36. The fourth-order valence-electron chi connectivity index (χ4n) is 1.46. The molecule has 0 aromatic carbocycles. The molecule has 2 amide bonds. The summed E-state index contributed by atoms with van der Waals surface area (Å²) in [5.74, 6) is -1.21. The van der Waals surface area contributed by atoms with Gasteiger partial charge in [-0.2, -0.15) is 0 Å². The van der Waals surface area contributed by atoms with Gasteiger partial charge in [0.25, 0.3) is 5.91 Å². The van der Waals surface area contributed by atoms with Gasteiger partial charge in [-0.05, 0) is 20.8 Å². The maximum atomic E-state index is 11.9. The van der Waals surface area contributed by atoms with Gasteiger partial charge in [0.2, 0.25) is 0 Å². The number of hydrogen-bond acceptors (Lipinski definition) is 7. The number of methoxy groups -OCH3 is 1. The van der Waals surface area contributed by atoms with Gasteiger partial charge in [-0.25, -0.2) is 9.78 Å². The van der Waals surface area contributed by atoms with Crippen LogP contribution in [0.2, 0.25) is 0 Å². The fourth-order valence-corrected chi connectivity index (χ4v) is 2.32. The molecule has 9 heteroatoms. The van der Waals surface area contributed by atoms with Crippen LogP contribution in [-0.4, -0.2) is 35.7 Å². The van der Waals surface area contributed by atoms with Gasteiger partial charge in [0.15, 0.2) is 0 Å². The molecule has 1 heterocycles. The first-order valence-corrected chi connectivity index (χ1v) is 7.32. The molecule has 1 rings (SSSR count). The SMILES string of the molecule is COC(=O)CC(NC(=O)OC(C)(C)C)c1nc(C(N)=O)cs1. The highest BCUT2D eigenvalue weighted by atomic mass is 32.1. The number of primary amides is 1. The average molecular weight is 329 g/mol. The molecule has 0 aliphatic carbocycles. The van der Waals surface area contributed by atoms with Gasteiger partial charge in [0.1, 0.15) is 16.3 Å². The lowest BCUT2D eigenvalue weighted by atomic mass is 10.2. The van der Waals surface area contributed by atoms with Crippen LogP contribution in [0.5, 0.6) is 0 Å². The molecule has 0 aliphatic heterocycles. The number of nitrogens with two attached hydrogens (primary N) is 1. The van der Waals surface area contributed by atoms with Crippen molar-refractivity contribution < 1.29 is 23.9 Å². The molecule has 1 atom stereocenters. The number of thiazole rings is 1. The highest BCUT2D eigenvalue weighted by Gasteiger charge is 2.25. The number of carbonyl (C=O) groups excluding carboxylic acids is 3. The van der Waals surface area contributed by atoms with E-state index < -0.39 is 29.6 Å². The fraction of sp³-hybridized carbons (Fsp3) is 0.538. The minimum Gasteiger partial charge on any atom is -0.469 e. The van der Waals surface area contributed by atoms with Crippen molar-refractivity contribution in [1.29, 1.82) is 0 Å². The second-order valence-corrected chi connectivity index (χ2v) is 6.30. The second-order valence-electron chi connectivity index (χ2n) is 5.41. The Kier molecular flexibility index (Phi) is 5.86. The van der Waals surface area contributed by atoms with E-state index in [0.29, 0.717) is 5.01 Å². The number of alkyl carbamates (subject to hydrolysis) is 1. The van der Waals surface area contributed by atoms with Crippen LogP contribution in [0.1, 0.15) is 48.7 Å². The second kappa shape index (κ2) is 7.21. The van der Waals surface area contributed by atoms with Crippen LogP contribution in [-0.2, 0) is 14.3 Å². The summed E-state index contributed by atoms with van der Waals surface area (Å²) in [6, 6.07) is -0.764. The zero-order chi connectivity index (χ0) is 16.9. The van der Waals surface area contributed by atoms with Crippen molar-refractivity contribution in [1.82, 2.24) is 10.3 Å². The summed E-state index contributed by atoms with van der Waals surface area (Å²) in [5.41, 5.74) is 4.53. The Morgan fingerprint density at radius 1 is 1.41 bits per heavy atom. The van der Waals surface area contributed by atoms with E-state index in [9.17, 15) is 14.4 Å². The molecule has 0 aliphatic rings. The summed E-state index contributed by atoms with van der Waals surface area (Å²) in [4.78, 5) is 38.4. The lowest BCUT2D eigenvalue weighted by Gasteiger charge is -2.22. The van der Waals surface area contributed by atoms with Crippen molar-refractivity contribution >= 4 is 29.3 Å². The third kappa shape index (κ3) is 5.68. The Morgan fingerprint density at radius 2 is 2.05 bits per heavy atom. The number of ether oxygens (including phenoxy) is 2.